The van der Waals surface area contributed by atoms with E-state index in [1.165, 1.54) is 0 Å². The summed E-state index contributed by atoms with van der Waals surface area (Å²) in [4.78, 5) is 26.7. The summed E-state index contributed by atoms with van der Waals surface area (Å²) in [6.07, 6.45) is 3.02. The summed E-state index contributed by atoms with van der Waals surface area (Å²) in [7, 11) is 1.76. The molecule has 6 heteroatoms. The SMILES string of the molecule is CCCOc1ccc(C(=O)N(C)Cc2ccc(C(=O)NC3CC3)cc2)cc1OCC. The minimum Gasteiger partial charge on any atom is -0.490 e. The standard InChI is InChI=1S/C24H30N2O4/c1-4-14-30-21-13-10-19(15-22(21)29-5-2)24(28)26(3)16-17-6-8-18(9-7-17)23(27)25-20-11-12-20/h6-10,13,15,20H,4-5,11-12,14,16H2,1-3H3,(H,25,27). The molecule has 1 aliphatic carbocycles. The number of hydrogen-bond donors (Lipinski definition) is 1. The molecular formula is C24H30N2O4. The van der Waals surface area contributed by atoms with Crippen molar-refractivity contribution in [2.24, 2.45) is 0 Å². The molecule has 30 heavy (non-hydrogen) atoms. The molecule has 0 bridgehead atoms. The summed E-state index contributed by atoms with van der Waals surface area (Å²) < 4.78 is 11.4. The number of amides is 2. The topological polar surface area (TPSA) is 67.9 Å². The number of nitrogens with zero attached hydrogens (tertiary/aromatic N) is 1. The van der Waals surface area contributed by atoms with E-state index in [9.17, 15) is 9.59 Å². The lowest BCUT2D eigenvalue weighted by Crippen LogP contribution is -2.27. The summed E-state index contributed by atoms with van der Waals surface area (Å²) in [6.45, 7) is 5.48. The lowest BCUT2D eigenvalue weighted by atomic mass is 10.1. The van der Waals surface area contributed by atoms with E-state index in [-0.39, 0.29) is 11.8 Å². The van der Waals surface area contributed by atoms with Gasteiger partial charge in [0.25, 0.3) is 11.8 Å². The van der Waals surface area contributed by atoms with Crippen LogP contribution in [0.4, 0.5) is 0 Å². The first-order valence-corrected chi connectivity index (χ1v) is 10.6. The zero-order valence-corrected chi connectivity index (χ0v) is 17.9. The first kappa shape index (κ1) is 21.7. The van der Waals surface area contributed by atoms with E-state index in [0.29, 0.717) is 48.4 Å². The van der Waals surface area contributed by atoms with Gasteiger partial charge in [0, 0.05) is 30.8 Å². The summed E-state index contributed by atoms with van der Waals surface area (Å²) in [5, 5.41) is 2.98. The van der Waals surface area contributed by atoms with Gasteiger partial charge in [0.15, 0.2) is 11.5 Å². The van der Waals surface area contributed by atoms with Gasteiger partial charge in [-0.25, -0.2) is 0 Å². The van der Waals surface area contributed by atoms with Crippen molar-refractivity contribution in [1.29, 1.82) is 0 Å². The van der Waals surface area contributed by atoms with Crippen molar-refractivity contribution in [3.8, 4) is 11.5 Å². The molecule has 1 saturated carbocycles. The second kappa shape index (κ2) is 10.1. The maximum Gasteiger partial charge on any atom is 0.254 e. The monoisotopic (exact) mass is 410 g/mol. The Morgan fingerprint density at radius 1 is 1.00 bits per heavy atom. The Morgan fingerprint density at radius 3 is 2.33 bits per heavy atom. The highest BCUT2D eigenvalue weighted by Crippen LogP contribution is 2.29. The minimum atomic E-state index is -0.103. The molecule has 0 atom stereocenters. The number of carbonyl (C=O) groups excluding carboxylic acids is 2. The van der Waals surface area contributed by atoms with Gasteiger partial charge in [-0.2, -0.15) is 0 Å². The molecule has 0 aromatic heterocycles. The normalized spacial score (nSPS) is 12.9. The number of rotatable bonds is 10. The Kier molecular flexibility index (Phi) is 7.33. The Bertz CT molecular complexity index is 875. The van der Waals surface area contributed by atoms with E-state index in [1.54, 1.807) is 42.3 Å². The fourth-order valence-electron chi connectivity index (χ4n) is 3.06. The van der Waals surface area contributed by atoms with Gasteiger partial charge in [-0.1, -0.05) is 19.1 Å². The molecule has 1 N–H and O–H groups in total. The van der Waals surface area contributed by atoms with Gasteiger partial charge in [-0.05, 0) is 62.1 Å². The molecule has 0 radical (unpaired) electrons. The van der Waals surface area contributed by atoms with E-state index in [4.69, 9.17) is 9.47 Å². The van der Waals surface area contributed by atoms with Gasteiger partial charge in [0.2, 0.25) is 0 Å². The van der Waals surface area contributed by atoms with Crippen LogP contribution in [-0.2, 0) is 6.54 Å². The molecule has 0 unspecified atom stereocenters. The van der Waals surface area contributed by atoms with Crippen LogP contribution < -0.4 is 14.8 Å². The molecule has 6 nitrogen and oxygen atoms in total. The van der Waals surface area contributed by atoms with Crippen LogP contribution in [0, 0.1) is 0 Å². The molecule has 2 amide bonds. The lowest BCUT2D eigenvalue weighted by molar-refractivity contribution is 0.0784. The van der Waals surface area contributed by atoms with Gasteiger partial charge in [-0.3, -0.25) is 9.59 Å². The van der Waals surface area contributed by atoms with Crippen LogP contribution in [0.15, 0.2) is 42.5 Å². The number of benzene rings is 2. The third-order valence-corrected chi connectivity index (χ3v) is 4.85. The second-order valence-corrected chi connectivity index (χ2v) is 7.55. The predicted octanol–water partition coefficient (Wildman–Crippen LogP) is 4.04. The Labute approximate surface area is 178 Å². The van der Waals surface area contributed by atoms with E-state index in [1.807, 2.05) is 26.0 Å². The maximum atomic E-state index is 12.9. The van der Waals surface area contributed by atoms with E-state index < -0.39 is 0 Å². The van der Waals surface area contributed by atoms with Gasteiger partial charge < -0.3 is 19.7 Å². The van der Waals surface area contributed by atoms with Crippen molar-refractivity contribution in [1.82, 2.24) is 10.2 Å². The van der Waals surface area contributed by atoms with Crippen molar-refractivity contribution in [3.05, 3.63) is 59.2 Å². The van der Waals surface area contributed by atoms with Crippen molar-refractivity contribution < 1.29 is 19.1 Å². The molecule has 1 aliphatic rings. The van der Waals surface area contributed by atoms with Crippen LogP contribution in [-0.4, -0.2) is 43.0 Å². The third kappa shape index (κ3) is 5.75. The molecule has 0 aliphatic heterocycles. The van der Waals surface area contributed by atoms with Crippen molar-refractivity contribution in [2.45, 2.75) is 45.7 Å². The third-order valence-electron chi connectivity index (χ3n) is 4.85. The zero-order valence-electron chi connectivity index (χ0n) is 17.9. The zero-order chi connectivity index (χ0) is 21.5. The minimum absolute atomic E-state index is 0.0395. The van der Waals surface area contributed by atoms with Crippen molar-refractivity contribution in [3.63, 3.8) is 0 Å². The Balaban J connectivity index is 1.64. The molecule has 160 valence electrons. The molecule has 1 fully saturated rings. The number of hydrogen-bond acceptors (Lipinski definition) is 4. The van der Waals surface area contributed by atoms with Crippen LogP contribution in [0.1, 0.15) is 59.4 Å². The molecule has 0 spiro atoms. The fourth-order valence-corrected chi connectivity index (χ4v) is 3.06. The summed E-state index contributed by atoms with van der Waals surface area (Å²) in [6, 6.07) is 13.0. The van der Waals surface area contributed by atoms with Gasteiger partial charge in [-0.15, -0.1) is 0 Å². The average Bonchev–Trinajstić information content (AvgIpc) is 3.57. The molecule has 0 heterocycles. The van der Waals surface area contributed by atoms with Crippen LogP contribution >= 0.6 is 0 Å². The highest BCUT2D eigenvalue weighted by Gasteiger charge is 2.23. The van der Waals surface area contributed by atoms with Gasteiger partial charge >= 0.3 is 0 Å². The molecule has 2 aromatic carbocycles. The molecule has 3 rings (SSSR count). The fraction of sp³-hybridized carbons (Fsp3) is 0.417. The second-order valence-electron chi connectivity index (χ2n) is 7.55. The van der Waals surface area contributed by atoms with E-state index in [2.05, 4.69) is 5.32 Å². The lowest BCUT2D eigenvalue weighted by Gasteiger charge is -2.19. The maximum absolute atomic E-state index is 12.9. The van der Waals surface area contributed by atoms with Gasteiger partial charge in [0.1, 0.15) is 0 Å². The van der Waals surface area contributed by atoms with E-state index in [0.717, 1.165) is 24.8 Å². The largest absolute Gasteiger partial charge is 0.490 e. The van der Waals surface area contributed by atoms with Crippen molar-refractivity contribution >= 4 is 11.8 Å². The Morgan fingerprint density at radius 2 is 1.70 bits per heavy atom. The van der Waals surface area contributed by atoms with Gasteiger partial charge in [0.05, 0.1) is 13.2 Å². The summed E-state index contributed by atoms with van der Waals surface area (Å²) in [5.74, 6) is 1.09. The highest BCUT2D eigenvalue weighted by atomic mass is 16.5. The molecule has 0 saturated heterocycles. The van der Waals surface area contributed by atoms with Crippen LogP contribution in [0.2, 0.25) is 0 Å². The van der Waals surface area contributed by atoms with Crippen LogP contribution in [0.25, 0.3) is 0 Å². The summed E-state index contributed by atoms with van der Waals surface area (Å²) >= 11 is 0. The van der Waals surface area contributed by atoms with Crippen LogP contribution in [0.3, 0.4) is 0 Å². The van der Waals surface area contributed by atoms with Crippen LogP contribution in [0.5, 0.6) is 11.5 Å². The van der Waals surface area contributed by atoms with Crippen molar-refractivity contribution in [2.75, 3.05) is 20.3 Å². The molecule has 2 aromatic rings. The Hall–Kier alpha value is -3.02. The first-order valence-electron chi connectivity index (χ1n) is 10.6. The molecular weight excluding hydrogens is 380 g/mol. The predicted molar refractivity (Wildman–Crippen MR) is 116 cm³/mol. The highest BCUT2D eigenvalue weighted by molar-refractivity contribution is 5.95. The average molecular weight is 411 g/mol. The number of ether oxygens (including phenoxy) is 2. The number of nitrogens with one attached hydrogen (secondary N) is 1. The summed E-state index contributed by atoms with van der Waals surface area (Å²) in [5.41, 5.74) is 2.15. The smallest absolute Gasteiger partial charge is 0.254 e. The van der Waals surface area contributed by atoms with E-state index >= 15 is 0 Å². The first-order chi connectivity index (χ1) is 14.5. The number of carbonyl (C=O) groups is 2. The quantitative estimate of drug-likeness (QED) is 0.642.